The lowest BCUT2D eigenvalue weighted by Gasteiger charge is -2.05. The van der Waals surface area contributed by atoms with Crippen molar-refractivity contribution in [2.75, 3.05) is 12.4 Å². The monoisotopic (exact) mass is 230 g/mol. The zero-order valence-electron chi connectivity index (χ0n) is 8.98. The van der Waals surface area contributed by atoms with Crippen LogP contribution >= 0.6 is 11.8 Å². The summed E-state index contributed by atoms with van der Waals surface area (Å²) in [7, 11) is 0. The Morgan fingerprint density at radius 2 is 2.33 bits per heavy atom. The summed E-state index contributed by atoms with van der Waals surface area (Å²) in [5, 5.41) is 17.7. The first-order chi connectivity index (χ1) is 7.24. The molecule has 0 amide bonds. The first-order valence-corrected chi connectivity index (χ1v) is 6.29. The standard InChI is InChI=1S/C11H18O3S/c1-9-4-5-14-11(9)8-15-6-2-3-10(13)7-12/h4-5,10,12-13H,2-3,6-8H2,1H3. The molecule has 3 nitrogen and oxygen atoms in total. The van der Waals surface area contributed by atoms with Crippen molar-refractivity contribution in [3.8, 4) is 0 Å². The van der Waals surface area contributed by atoms with Crippen molar-refractivity contribution in [1.29, 1.82) is 0 Å². The van der Waals surface area contributed by atoms with Gasteiger partial charge in [-0.1, -0.05) is 0 Å². The molecule has 0 spiro atoms. The second-order valence-corrected chi connectivity index (χ2v) is 4.66. The molecule has 0 saturated heterocycles. The predicted octanol–water partition coefficient (Wildman–Crippen LogP) is 1.95. The molecule has 1 unspecified atom stereocenters. The topological polar surface area (TPSA) is 53.6 Å². The lowest BCUT2D eigenvalue weighted by molar-refractivity contribution is 0.0880. The van der Waals surface area contributed by atoms with E-state index in [0.717, 1.165) is 23.7 Å². The van der Waals surface area contributed by atoms with Gasteiger partial charge in [-0.2, -0.15) is 11.8 Å². The summed E-state index contributed by atoms with van der Waals surface area (Å²) >= 11 is 1.79. The minimum Gasteiger partial charge on any atom is -0.468 e. The Kier molecular flexibility index (Phi) is 5.83. The Morgan fingerprint density at radius 3 is 2.93 bits per heavy atom. The molecule has 0 aliphatic heterocycles. The minimum atomic E-state index is -0.559. The minimum absolute atomic E-state index is 0.137. The Hall–Kier alpha value is -0.450. The first-order valence-electron chi connectivity index (χ1n) is 5.13. The summed E-state index contributed by atoms with van der Waals surface area (Å²) in [5.74, 6) is 2.90. The lowest BCUT2D eigenvalue weighted by Crippen LogP contribution is -2.11. The van der Waals surface area contributed by atoms with Gasteiger partial charge in [-0.3, -0.25) is 0 Å². The van der Waals surface area contributed by atoms with Crippen molar-refractivity contribution in [1.82, 2.24) is 0 Å². The van der Waals surface area contributed by atoms with Crippen LogP contribution in [0, 0.1) is 6.92 Å². The van der Waals surface area contributed by atoms with Gasteiger partial charge in [0.15, 0.2) is 0 Å². The van der Waals surface area contributed by atoms with Gasteiger partial charge in [0, 0.05) is 0 Å². The zero-order chi connectivity index (χ0) is 11.1. The summed E-state index contributed by atoms with van der Waals surface area (Å²) < 4.78 is 5.30. The Balaban J connectivity index is 2.05. The van der Waals surface area contributed by atoms with E-state index < -0.39 is 6.10 Å². The normalized spacial score (nSPS) is 13.0. The van der Waals surface area contributed by atoms with E-state index >= 15 is 0 Å². The summed E-state index contributed by atoms with van der Waals surface area (Å²) in [6, 6.07) is 1.96. The number of furan rings is 1. The zero-order valence-corrected chi connectivity index (χ0v) is 9.80. The van der Waals surface area contributed by atoms with Crippen LogP contribution in [0.4, 0.5) is 0 Å². The summed E-state index contributed by atoms with van der Waals surface area (Å²) in [6.07, 6.45) is 2.74. The Morgan fingerprint density at radius 1 is 1.53 bits per heavy atom. The molecule has 1 rings (SSSR count). The van der Waals surface area contributed by atoms with Gasteiger partial charge in [-0.25, -0.2) is 0 Å². The second-order valence-electron chi connectivity index (χ2n) is 3.56. The summed E-state index contributed by atoms with van der Waals surface area (Å²) in [4.78, 5) is 0. The van der Waals surface area contributed by atoms with Crippen LogP contribution in [0.3, 0.4) is 0 Å². The van der Waals surface area contributed by atoms with Crippen molar-refractivity contribution in [3.05, 3.63) is 23.7 Å². The van der Waals surface area contributed by atoms with E-state index in [1.54, 1.807) is 18.0 Å². The molecule has 4 heteroatoms. The average molecular weight is 230 g/mol. The van der Waals surface area contributed by atoms with Crippen LogP contribution in [-0.4, -0.2) is 28.7 Å². The molecule has 0 aromatic carbocycles. The fourth-order valence-corrected chi connectivity index (χ4v) is 2.23. The third-order valence-corrected chi connectivity index (χ3v) is 3.28. The molecule has 2 N–H and O–H groups in total. The maximum Gasteiger partial charge on any atom is 0.116 e. The van der Waals surface area contributed by atoms with E-state index in [1.807, 2.05) is 13.0 Å². The number of hydrogen-bond donors (Lipinski definition) is 2. The van der Waals surface area contributed by atoms with Crippen molar-refractivity contribution in [2.45, 2.75) is 31.6 Å². The van der Waals surface area contributed by atoms with E-state index in [4.69, 9.17) is 14.6 Å². The second kappa shape index (κ2) is 6.93. The highest BCUT2D eigenvalue weighted by atomic mass is 32.2. The predicted molar refractivity (Wildman–Crippen MR) is 61.9 cm³/mol. The van der Waals surface area contributed by atoms with Crippen LogP contribution in [0.15, 0.2) is 16.7 Å². The molecule has 0 bridgehead atoms. The van der Waals surface area contributed by atoms with Crippen LogP contribution in [0.25, 0.3) is 0 Å². The first kappa shape index (κ1) is 12.6. The van der Waals surface area contributed by atoms with Gasteiger partial charge in [0.05, 0.1) is 24.7 Å². The van der Waals surface area contributed by atoms with Gasteiger partial charge in [0.1, 0.15) is 5.76 Å². The third kappa shape index (κ3) is 4.73. The van der Waals surface area contributed by atoms with Gasteiger partial charge < -0.3 is 14.6 Å². The largest absolute Gasteiger partial charge is 0.468 e. The average Bonchev–Trinajstić information content (AvgIpc) is 2.63. The van der Waals surface area contributed by atoms with E-state index in [2.05, 4.69) is 0 Å². The van der Waals surface area contributed by atoms with Crippen molar-refractivity contribution in [2.24, 2.45) is 0 Å². The van der Waals surface area contributed by atoms with Crippen LogP contribution in [0.1, 0.15) is 24.2 Å². The molecule has 1 atom stereocenters. The molecule has 0 fully saturated rings. The molecule has 15 heavy (non-hydrogen) atoms. The number of aryl methyl sites for hydroxylation is 1. The highest BCUT2D eigenvalue weighted by Gasteiger charge is 2.03. The molecule has 0 aliphatic carbocycles. The van der Waals surface area contributed by atoms with E-state index in [-0.39, 0.29) is 6.61 Å². The van der Waals surface area contributed by atoms with E-state index in [0.29, 0.717) is 6.42 Å². The highest BCUT2D eigenvalue weighted by Crippen LogP contribution is 2.18. The van der Waals surface area contributed by atoms with Gasteiger partial charge in [0.2, 0.25) is 0 Å². The van der Waals surface area contributed by atoms with E-state index in [9.17, 15) is 0 Å². The highest BCUT2D eigenvalue weighted by molar-refractivity contribution is 7.98. The van der Waals surface area contributed by atoms with Crippen LogP contribution in [-0.2, 0) is 5.75 Å². The number of aliphatic hydroxyl groups excluding tert-OH is 2. The lowest BCUT2D eigenvalue weighted by atomic mass is 10.2. The molecule has 0 saturated carbocycles. The van der Waals surface area contributed by atoms with Gasteiger partial charge >= 0.3 is 0 Å². The molecule has 1 aromatic rings. The van der Waals surface area contributed by atoms with E-state index in [1.165, 1.54) is 5.56 Å². The Labute approximate surface area is 94.5 Å². The number of aliphatic hydroxyl groups is 2. The maximum absolute atomic E-state index is 9.11. The molecular formula is C11H18O3S. The molecule has 86 valence electrons. The van der Waals surface area contributed by atoms with Gasteiger partial charge in [0.25, 0.3) is 0 Å². The third-order valence-electron chi connectivity index (χ3n) is 2.24. The Bertz CT molecular complexity index is 273. The SMILES string of the molecule is Cc1ccoc1CSCCCC(O)CO. The quantitative estimate of drug-likeness (QED) is 0.703. The molecule has 1 heterocycles. The smallest absolute Gasteiger partial charge is 0.116 e. The van der Waals surface area contributed by atoms with Crippen molar-refractivity contribution in [3.63, 3.8) is 0 Å². The van der Waals surface area contributed by atoms with Crippen molar-refractivity contribution < 1.29 is 14.6 Å². The fraction of sp³-hybridized carbons (Fsp3) is 0.636. The summed E-state index contributed by atoms with van der Waals surface area (Å²) in [5.41, 5.74) is 1.19. The maximum atomic E-state index is 9.11. The number of rotatable bonds is 7. The van der Waals surface area contributed by atoms with Gasteiger partial charge in [-0.15, -0.1) is 0 Å². The van der Waals surface area contributed by atoms with Gasteiger partial charge in [-0.05, 0) is 37.1 Å². The van der Waals surface area contributed by atoms with Crippen LogP contribution in [0.2, 0.25) is 0 Å². The fourth-order valence-electron chi connectivity index (χ4n) is 1.23. The molecular weight excluding hydrogens is 212 g/mol. The molecule has 0 aliphatic rings. The number of thioether (sulfide) groups is 1. The summed E-state index contributed by atoms with van der Waals surface area (Å²) in [6.45, 7) is 1.90. The van der Waals surface area contributed by atoms with Crippen LogP contribution in [0.5, 0.6) is 0 Å². The van der Waals surface area contributed by atoms with Crippen molar-refractivity contribution >= 4 is 11.8 Å². The molecule has 0 radical (unpaired) electrons. The molecule has 1 aromatic heterocycles. The van der Waals surface area contributed by atoms with Crippen LogP contribution < -0.4 is 0 Å². The number of hydrogen-bond acceptors (Lipinski definition) is 4.